The molecule has 4 aromatic rings. The highest BCUT2D eigenvalue weighted by atomic mass is 35.5. The van der Waals surface area contributed by atoms with Gasteiger partial charge in [0.1, 0.15) is 17.1 Å². The molecule has 8 heteroatoms. The molecule has 0 saturated carbocycles. The summed E-state index contributed by atoms with van der Waals surface area (Å²) in [7, 11) is 3.22. The molecule has 0 N–H and O–H groups in total. The summed E-state index contributed by atoms with van der Waals surface area (Å²) in [5, 5.41) is 0.521. The summed E-state index contributed by atoms with van der Waals surface area (Å²) in [4.78, 5) is 13.8. The number of aromatic nitrogens is 3. The van der Waals surface area contributed by atoms with Gasteiger partial charge >= 0.3 is 0 Å². The molecule has 0 amide bonds. The van der Waals surface area contributed by atoms with Crippen LogP contribution < -0.4 is 19.3 Å². The zero-order valence-corrected chi connectivity index (χ0v) is 18.8. The molecule has 1 aromatic carbocycles. The van der Waals surface area contributed by atoms with Crippen LogP contribution in [0.15, 0.2) is 61.2 Å². The fourth-order valence-corrected chi connectivity index (χ4v) is 4.36. The van der Waals surface area contributed by atoms with E-state index in [0.29, 0.717) is 16.5 Å². The number of hydrogen-bond donors (Lipinski definition) is 0. The first-order valence-corrected chi connectivity index (χ1v) is 10.8. The summed E-state index contributed by atoms with van der Waals surface area (Å²) in [6.07, 6.45) is 7.77. The second kappa shape index (κ2) is 8.59. The molecule has 1 saturated heterocycles. The number of nitrogens with zero attached hydrogens (tertiary/aromatic N) is 5. The minimum atomic E-state index is 0.521. The average Bonchev–Trinajstić information content (AvgIpc) is 3.28. The highest BCUT2D eigenvalue weighted by molar-refractivity contribution is 6.32. The van der Waals surface area contributed by atoms with Crippen LogP contribution >= 0.6 is 11.6 Å². The molecule has 0 unspecified atom stereocenters. The van der Waals surface area contributed by atoms with Gasteiger partial charge in [-0.15, -0.1) is 0 Å². The van der Waals surface area contributed by atoms with Crippen molar-refractivity contribution in [2.75, 3.05) is 50.2 Å². The van der Waals surface area contributed by atoms with Crippen molar-refractivity contribution in [2.45, 2.75) is 0 Å². The lowest BCUT2D eigenvalue weighted by atomic mass is 10.1. The number of ether oxygens (including phenoxy) is 2. The van der Waals surface area contributed by atoms with E-state index in [4.69, 9.17) is 26.1 Å². The Balaban J connectivity index is 1.39. The van der Waals surface area contributed by atoms with E-state index in [1.165, 1.54) is 11.4 Å². The first kappa shape index (κ1) is 20.5. The summed E-state index contributed by atoms with van der Waals surface area (Å²) in [6, 6.07) is 12.0. The van der Waals surface area contributed by atoms with E-state index in [2.05, 4.69) is 33.0 Å². The van der Waals surface area contributed by atoms with Gasteiger partial charge in [0.25, 0.3) is 0 Å². The molecule has 164 valence electrons. The van der Waals surface area contributed by atoms with Gasteiger partial charge in [0.15, 0.2) is 0 Å². The van der Waals surface area contributed by atoms with Crippen molar-refractivity contribution in [1.82, 2.24) is 14.4 Å². The molecule has 0 spiro atoms. The van der Waals surface area contributed by atoms with E-state index in [9.17, 15) is 0 Å². The van der Waals surface area contributed by atoms with Gasteiger partial charge in [-0.3, -0.25) is 4.98 Å². The summed E-state index contributed by atoms with van der Waals surface area (Å²) < 4.78 is 12.9. The quantitative estimate of drug-likeness (QED) is 0.450. The molecule has 0 bridgehead atoms. The van der Waals surface area contributed by atoms with Crippen LogP contribution in [0, 0.1) is 0 Å². The average molecular weight is 450 g/mol. The highest BCUT2D eigenvalue weighted by Crippen LogP contribution is 2.38. The van der Waals surface area contributed by atoms with E-state index in [1.807, 2.05) is 41.3 Å². The lowest BCUT2D eigenvalue weighted by Gasteiger charge is -2.37. The standard InChI is InChI=1S/C24H24ClN5O2/c1-31-22-14-23(32-2)20(25)13-19(22)21-16-30-7-5-17(12-24(30)27-21)28-8-10-29(11-9-28)18-4-3-6-26-15-18/h3-7,12-16H,8-11H2,1-2H3. The van der Waals surface area contributed by atoms with Crippen molar-refractivity contribution >= 4 is 28.6 Å². The Bertz CT molecular complexity index is 1240. The smallest absolute Gasteiger partial charge is 0.141 e. The van der Waals surface area contributed by atoms with Crippen LogP contribution in [0.4, 0.5) is 11.4 Å². The van der Waals surface area contributed by atoms with Crippen LogP contribution in [0.2, 0.25) is 5.02 Å². The summed E-state index contributed by atoms with van der Waals surface area (Å²) in [5.74, 6) is 1.24. The Kier molecular flexibility index (Phi) is 5.49. The topological polar surface area (TPSA) is 55.1 Å². The van der Waals surface area contributed by atoms with Gasteiger partial charge in [-0.2, -0.15) is 0 Å². The maximum atomic E-state index is 6.36. The second-order valence-corrected chi connectivity index (χ2v) is 8.06. The van der Waals surface area contributed by atoms with E-state index in [0.717, 1.165) is 43.1 Å². The monoisotopic (exact) mass is 449 g/mol. The Morgan fingerprint density at radius 1 is 0.906 bits per heavy atom. The molecule has 32 heavy (non-hydrogen) atoms. The molecule has 1 fully saturated rings. The van der Waals surface area contributed by atoms with Gasteiger partial charge in [-0.25, -0.2) is 4.98 Å². The van der Waals surface area contributed by atoms with E-state index >= 15 is 0 Å². The summed E-state index contributed by atoms with van der Waals surface area (Å²) >= 11 is 6.36. The minimum absolute atomic E-state index is 0.521. The van der Waals surface area contributed by atoms with Gasteiger partial charge in [0, 0.05) is 68.2 Å². The number of methoxy groups -OCH3 is 2. The molecular weight excluding hydrogens is 426 g/mol. The molecule has 0 radical (unpaired) electrons. The lowest BCUT2D eigenvalue weighted by molar-refractivity contribution is 0.395. The number of imidazole rings is 1. The Morgan fingerprint density at radius 3 is 2.34 bits per heavy atom. The van der Waals surface area contributed by atoms with Crippen LogP contribution in [-0.4, -0.2) is 54.8 Å². The first-order chi connectivity index (χ1) is 15.7. The lowest BCUT2D eigenvalue weighted by Crippen LogP contribution is -2.46. The number of fused-ring (bicyclic) bond motifs is 1. The third kappa shape index (κ3) is 3.80. The largest absolute Gasteiger partial charge is 0.496 e. The molecule has 4 heterocycles. The Hall–Kier alpha value is -3.45. The van der Waals surface area contributed by atoms with Crippen molar-refractivity contribution in [1.29, 1.82) is 0 Å². The number of piperazine rings is 1. The molecule has 1 aliphatic rings. The molecule has 3 aromatic heterocycles. The summed E-state index contributed by atoms with van der Waals surface area (Å²) in [6.45, 7) is 3.80. The normalized spacial score (nSPS) is 14.1. The fraction of sp³-hybridized carbons (Fsp3) is 0.250. The highest BCUT2D eigenvalue weighted by Gasteiger charge is 2.19. The third-order valence-corrected chi connectivity index (χ3v) is 6.14. The number of halogens is 1. The maximum Gasteiger partial charge on any atom is 0.141 e. The molecule has 1 aliphatic heterocycles. The first-order valence-electron chi connectivity index (χ1n) is 10.5. The second-order valence-electron chi connectivity index (χ2n) is 7.65. The number of benzene rings is 1. The molecular formula is C24H24ClN5O2. The summed E-state index contributed by atoms with van der Waals surface area (Å²) in [5.41, 5.74) is 4.84. The van der Waals surface area contributed by atoms with E-state index in [1.54, 1.807) is 20.3 Å². The van der Waals surface area contributed by atoms with Gasteiger partial charge in [0.2, 0.25) is 0 Å². The SMILES string of the molecule is COc1cc(OC)c(-c2cn3ccc(N4CCN(c5cccnc5)CC4)cc3n2)cc1Cl. The zero-order chi connectivity index (χ0) is 22.1. The van der Waals surface area contributed by atoms with Crippen molar-refractivity contribution in [3.63, 3.8) is 0 Å². The number of pyridine rings is 2. The number of hydrogen-bond acceptors (Lipinski definition) is 6. The predicted molar refractivity (Wildman–Crippen MR) is 127 cm³/mol. The van der Waals surface area contributed by atoms with Crippen molar-refractivity contribution < 1.29 is 9.47 Å². The van der Waals surface area contributed by atoms with Crippen LogP contribution in [0.25, 0.3) is 16.9 Å². The predicted octanol–water partition coefficient (Wildman–Crippen LogP) is 4.39. The number of rotatable bonds is 5. The maximum absolute atomic E-state index is 6.36. The van der Waals surface area contributed by atoms with Gasteiger partial charge in [-0.05, 0) is 24.3 Å². The number of anilines is 2. The van der Waals surface area contributed by atoms with E-state index in [-0.39, 0.29) is 0 Å². The molecule has 0 aliphatic carbocycles. The molecule has 7 nitrogen and oxygen atoms in total. The molecule has 0 atom stereocenters. The van der Waals surface area contributed by atoms with Gasteiger partial charge in [0.05, 0.1) is 36.8 Å². The van der Waals surface area contributed by atoms with Crippen LogP contribution in [-0.2, 0) is 0 Å². The zero-order valence-electron chi connectivity index (χ0n) is 18.0. The fourth-order valence-electron chi connectivity index (χ4n) is 4.12. The minimum Gasteiger partial charge on any atom is -0.496 e. The van der Waals surface area contributed by atoms with Crippen molar-refractivity contribution in [2.24, 2.45) is 0 Å². The Labute approximate surface area is 191 Å². The van der Waals surface area contributed by atoms with Crippen LogP contribution in [0.3, 0.4) is 0 Å². The van der Waals surface area contributed by atoms with E-state index < -0.39 is 0 Å². The van der Waals surface area contributed by atoms with Crippen molar-refractivity contribution in [3.05, 3.63) is 66.2 Å². The van der Waals surface area contributed by atoms with Gasteiger partial charge < -0.3 is 23.7 Å². The van der Waals surface area contributed by atoms with Gasteiger partial charge in [-0.1, -0.05) is 11.6 Å². The Morgan fingerprint density at radius 2 is 1.66 bits per heavy atom. The van der Waals surface area contributed by atoms with Crippen molar-refractivity contribution in [3.8, 4) is 22.8 Å². The third-order valence-electron chi connectivity index (χ3n) is 5.85. The van der Waals surface area contributed by atoms with Crippen LogP contribution in [0.1, 0.15) is 0 Å². The van der Waals surface area contributed by atoms with Crippen LogP contribution in [0.5, 0.6) is 11.5 Å². The molecule has 5 rings (SSSR count).